The fraction of sp³-hybridized carbons (Fsp3) is 0.429. The van der Waals surface area contributed by atoms with Crippen LogP contribution in [0.2, 0.25) is 0 Å². The minimum atomic E-state index is -0.399. The molecule has 1 fully saturated rings. The zero-order chi connectivity index (χ0) is 15.1. The van der Waals surface area contributed by atoms with Crippen molar-refractivity contribution in [2.45, 2.75) is 0 Å². The lowest BCUT2D eigenvalue weighted by atomic mass is 10.3. The molecule has 0 spiro atoms. The average Bonchev–Trinajstić information content (AvgIpc) is 2.54. The van der Waals surface area contributed by atoms with E-state index in [2.05, 4.69) is 16.0 Å². The van der Waals surface area contributed by atoms with E-state index in [0.29, 0.717) is 18.8 Å². The van der Waals surface area contributed by atoms with Gasteiger partial charge in [0.25, 0.3) is 0 Å². The molecule has 7 nitrogen and oxygen atoms in total. The Morgan fingerprint density at radius 3 is 2.52 bits per heavy atom. The number of amides is 3. The number of rotatable bonds is 4. The highest BCUT2D eigenvalue weighted by Gasteiger charge is 2.16. The number of carbonyl (C=O) groups excluding carboxylic acids is 2. The van der Waals surface area contributed by atoms with E-state index in [9.17, 15) is 9.59 Å². The Kier molecular flexibility index (Phi) is 5.39. The molecule has 1 aromatic carbocycles. The number of anilines is 1. The molecule has 1 saturated heterocycles. The Hall–Kier alpha value is -2.28. The van der Waals surface area contributed by atoms with Crippen LogP contribution >= 0.6 is 0 Å². The van der Waals surface area contributed by atoms with Crippen molar-refractivity contribution in [3.63, 3.8) is 0 Å². The van der Waals surface area contributed by atoms with E-state index < -0.39 is 6.03 Å². The summed E-state index contributed by atoms with van der Waals surface area (Å²) in [5, 5.41) is 8.40. The molecule has 1 aromatic rings. The van der Waals surface area contributed by atoms with Crippen molar-refractivity contribution in [2.75, 3.05) is 45.2 Å². The van der Waals surface area contributed by atoms with Crippen LogP contribution in [0.1, 0.15) is 0 Å². The molecular weight excluding hydrogens is 272 g/mol. The van der Waals surface area contributed by atoms with Crippen LogP contribution in [0.25, 0.3) is 0 Å². The molecule has 7 heteroatoms. The first-order valence-electron chi connectivity index (χ1n) is 6.86. The first-order valence-corrected chi connectivity index (χ1v) is 6.86. The fourth-order valence-electron chi connectivity index (χ4n) is 2.03. The van der Waals surface area contributed by atoms with Gasteiger partial charge in [0.15, 0.2) is 0 Å². The molecule has 114 valence electrons. The third-order valence-corrected chi connectivity index (χ3v) is 3.22. The second kappa shape index (κ2) is 7.49. The number of ether oxygens (including phenoxy) is 1. The molecule has 0 radical (unpaired) electrons. The van der Waals surface area contributed by atoms with Crippen LogP contribution in [0.15, 0.2) is 24.3 Å². The number of methoxy groups -OCH3 is 1. The third kappa shape index (κ3) is 4.64. The van der Waals surface area contributed by atoms with E-state index in [1.165, 1.54) is 0 Å². The summed E-state index contributed by atoms with van der Waals surface area (Å²) in [6.07, 6.45) is 0. The summed E-state index contributed by atoms with van der Waals surface area (Å²) in [6, 6.07) is 6.57. The Bertz CT molecular complexity index is 483. The van der Waals surface area contributed by atoms with E-state index >= 15 is 0 Å². The average molecular weight is 292 g/mol. The number of piperazine rings is 1. The van der Waals surface area contributed by atoms with Crippen molar-refractivity contribution in [3.05, 3.63) is 24.3 Å². The van der Waals surface area contributed by atoms with Crippen LogP contribution in [0.3, 0.4) is 0 Å². The Morgan fingerprint density at radius 2 is 1.90 bits per heavy atom. The maximum Gasteiger partial charge on any atom is 0.319 e. The van der Waals surface area contributed by atoms with Crippen molar-refractivity contribution >= 4 is 17.6 Å². The summed E-state index contributed by atoms with van der Waals surface area (Å²) in [4.78, 5) is 25.3. The number of benzene rings is 1. The standard InChI is InChI=1S/C14H20N4O3/c1-21-12-4-2-11(3-5-12)17-14(20)16-10-13(19)18-8-6-15-7-9-18/h2-5,15H,6-10H2,1H3,(H2,16,17,20). The highest BCUT2D eigenvalue weighted by Crippen LogP contribution is 2.14. The molecule has 0 aliphatic carbocycles. The predicted molar refractivity (Wildman–Crippen MR) is 79.5 cm³/mol. The zero-order valence-electron chi connectivity index (χ0n) is 12.0. The largest absolute Gasteiger partial charge is 0.497 e. The number of urea groups is 1. The fourth-order valence-corrected chi connectivity index (χ4v) is 2.03. The van der Waals surface area contributed by atoms with Crippen LogP contribution in [0.4, 0.5) is 10.5 Å². The summed E-state index contributed by atoms with van der Waals surface area (Å²) in [5.74, 6) is 0.649. The van der Waals surface area contributed by atoms with Crippen molar-refractivity contribution in [2.24, 2.45) is 0 Å². The summed E-state index contributed by atoms with van der Waals surface area (Å²) in [5.41, 5.74) is 0.642. The van der Waals surface area contributed by atoms with Gasteiger partial charge in [-0.1, -0.05) is 0 Å². The number of hydrogen-bond acceptors (Lipinski definition) is 4. The zero-order valence-corrected chi connectivity index (χ0v) is 12.0. The molecule has 21 heavy (non-hydrogen) atoms. The maximum absolute atomic E-state index is 11.9. The number of hydrogen-bond donors (Lipinski definition) is 3. The second-order valence-electron chi connectivity index (χ2n) is 4.67. The maximum atomic E-state index is 11.9. The van der Waals surface area contributed by atoms with Gasteiger partial charge in [-0.3, -0.25) is 4.79 Å². The normalized spacial score (nSPS) is 14.4. The van der Waals surface area contributed by atoms with Crippen LogP contribution < -0.4 is 20.7 Å². The molecular formula is C14H20N4O3. The monoisotopic (exact) mass is 292 g/mol. The highest BCUT2D eigenvalue weighted by atomic mass is 16.5. The van der Waals surface area contributed by atoms with Crippen molar-refractivity contribution in [1.29, 1.82) is 0 Å². The van der Waals surface area contributed by atoms with Gasteiger partial charge in [-0.15, -0.1) is 0 Å². The highest BCUT2D eigenvalue weighted by molar-refractivity contribution is 5.92. The first-order chi connectivity index (χ1) is 10.2. The van der Waals surface area contributed by atoms with Crippen LogP contribution in [0, 0.1) is 0 Å². The van der Waals surface area contributed by atoms with E-state index in [4.69, 9.17) is 4.74 Å². The molecule has 1 aliphatic heterocycles. The smallest absolute Gasteiger partial charge is 0.319 e. The summed E-state index contributed by atoms with van der Waals surface area (Å²) in [6.45, 7) is 2.96. The van der Waals surface area contributed by atoms with E-state index in [0.717, 1.165) is 18.8 Å². The number of nitrogens with zero attached hydrogens (tertiary/aromatic N) is 1. The van der Waals surface area contributed by atoms with E-state index in [1.807, 2.05) is 0 Å². The summed E-state index contributed by atoms with van der Waals surface area (Å²) < 4.78 is 5.04. The van der Waals surface area contributed by atoms with Gasteiger partial charge in [-0.25, -0.2) is 4.79 Å². The molecule has 3 amide bonds. The van der Waals surface area contributed by atoms with Gasteiger partial charge in [-0.05, 0) is 24.3 Å². The third-order valence-electron chi connectivity index (χ3n) is 3.22. The molecule has 0 unspecified atom stereocenters. The van der Waals surface area contributed by atoms with Crippen LogP contribution in [-0.4, -0.2) is 56.7 Å². The van der Waals surface area contributed by atoms with Crippen molar-refractivity contribution < 1.29 is 14.3 Å². The topological polar surface area (TPSA) is 82.7 Å². The van der Waals surface area contributed by atoms with Crippen molar-refractivity contribution in [3.8, 4) is 5.75 Å². The SMILES string of the molecule is COc1ccc(NC(=O)NCC(=O)N2CCNCC2)cc1. The van der Waals surface area contributed by atoms with E-state index in [-0.39, 0.29) is 12.5 Å². The van der Waals surface area contributed by atoms with Crippen LogP contribution in [0.5, 0.6) is 5.75 Å². The van der Waals surface area contributed by atoms with Crippen LogP contribution in [-0.2, 0) is 4.79 Å². The molecule has 1 aliphatic rings. The second-order valence-corrected chi connectivity index (χ2v) is 4.67. The lowest BCUT2D eigenvalue weighted by molar-refractivity contribution is -0.130. The quantitative estimate of drug-likeness (QED) is 0.743. The van der Waals surface area contributed by atoms with Gasteiger partial charge < -0.3 is 25.6 Å². The summed E-state index contributed by atoms with van der Waals surface area (Å²) >= 11 is 0. The molecule has 0 bridgehead atoms. The van der Waals surface area contributed by atoms with Gasteiger partial charge >= 0.3 is 6.03 Å². The van der Waals surface area contributed by atoms with E-state index in [1.54, 1.807) is 36.3 Å². The lowest BCUT2D eigenvalue weighted by Gasteiger charge is -2.27. The number of carbonyl (C=O) groups is 2. The van der Waals surface area contributed by atoms with Gasteiger partial charge in [0.2, 0.25) is 5.91 Å². The Balaban J connectivity index is 1.74. The predicted octanol–water partition coefficient (Wildman–Crippen LogP) is 0.249. The number of nitrogens with one attached hydrogen (secondary N) is 3. The lowest BCUT2D eigenvalue weighted by Crippen LogP contribution is -2.49. The molecule has 2 rings (SSSR count). The van der Waals surface area contributed by atoms with Gasteiger partial charge in [0, 0.05) is 31.9 Å². The van der Waals surface area contributed by atoms with Gasteiger partial charge in [0.1, 0.15) is 5.75 Å². The first kappa shape index (κ1) is 15.1. The Labute approximate surface area is 123 Å². The molecule has 1 heterocycles. The Morgan fingerprint density at radius 1 is 1.24 bits per heavy atom. The molecule has 0 saturated carbocycles. The molecule has 3 N–H and O–H groups in total. The minimum absolute atomic E-state index is 0.00197. The molecule has 0 atom stereocenters. The molecule has 0 aromatic heterocycles. The summed E-state index contributed by atoms with van der Waals surface area (Å²) in [7, 11) is 1.58. The minimum Gasteiger partial charge on any atom is -0.497 e. The van der Waals surface area contributed by atoms with Gasteiger partial charge in [-0.2, -0.15) is 0 Å². The van der Waals surface area contributed by atoms with Gasteiger partial charge in [0.05, 0.1) is 13.7 Å². The van der Waals surface area contributed by atoms with Crippen molar-refractivity contribution in [1.82, 2.24) is 15.5 Å².